The average Bonchev–Trinajstić information content (AvgIpc) is 2.56. The van der Waals surface area contributed by atoms with Crippen molar-refractivity contribution in [3.8, 4) is 0 Å². The first-order valence-electron chi connectivity index (χ1n) is 7.33. The number of rotatable bonds is 3. The van der Waals surface area contributed by atoms with Crippen LogP contribution in [0.1, 0.15) is 42.5 Å². The number of halogens is 1. The van der Waals surface area contributed by atoms with Gasteiger partial charge in [-0.2, -0.15) is 0 Å². The molecule has 6 heteroatoms. The quantitative estimate of drug-likeness (QED) is 0.751. The second kappa shape index (κ2) is 7.63. The van der Waals surface area contributed by atoms with E-state index in [2.05, 4.69) is 15.9 Å². The van der Waals surface area contributed by atoms with Crippen LogP contribution in [0.2, 0.25) is 0 Å². The van der Waals surface area contributed by atoms with Crippen LogP contribution in [-0.2, 0) is 9.47 Å². The second-order valence-corrected chi connectivity index (χ2v) is 6.14. The number of anilines is 1. The van der Waals surface area contributed by atoms with Gasteiger partial charge in [0.15, 0.2) is 0 Å². The Morgan fingerprint density at radius 3 is 2.41 bits per heavy atom. The predicted molar refractivity (Wildman–Crippen MR) is 87.2 cm³/mol. The average molecular weight is 370 g/mol. The van der Waals surface area contributed by atoms with E-state index in [4.69, 9.17) is 9.47 Å². The maximum atomic E-state index is 12.3. The van der Waals surface area contributed by atoms with Crippen molar-refractivity contribution in [1.82, 2.24) is 0 Å². The van der Waals surface area contributed by atoms with Crippen LogP contribution >= 0.6 is 15.9 Å². The van der Waals surface area contributed by atoms with Gasteiger partial charge in [-0.3, -0.25) is 4.90 Å². The van der Waals surface area contributed by atoms with E-state index in [0.29, 0.717) is 11.3 Å². The summed E-state index contributed by atoms with van der Waals surface area (Å²) < 4.78 is 10.5. The molecule has 0 spiro atoms. The van der Waals surface area contributed by atoms with Crippen LogP contribution in [0.3, 0.4) is 0 Å². The summed E-state index contributed by atoms with van der Waals surface area (Å²) in [4.78, 5) is 25.7. The third-order valence-electron chi connectivity index (χ3n) is 3.94. The number of amides is 1. The molecule has 1 aromatic carbocycles. The van der Waals surface area contributed by atoms with Crippen LogP contribution in [0.4, 0.5) is 10.5 Å². The van der Waals surface area contributed by atoms with Gasteiger partial charge in [0.1, 0.15) is 0 Å². The molecule has 1 fully saturated rings. The zero-order valence-corrected chi connectivity index (χ0v) is 14.4. The fourth-order valence-corrected chi connectivity index (χ4v) is 3.26. The highest BCUT2D eigenvalue weighted by Gasteiger charge is 2.29. The number of benzene rings is 1. The standard InChI is InChI=1S/C16H20BrNO4/c1-21-15(19)11-8-9-13(17)14(10-11)18(16(20)22-2)12-6-4-3-5-7-12/h8-10,12H,3-7H2,1-2H3. The molecule has 0 aliphatic heterocycles. The van der Waals surface area contributed by atoms with Crippen molar-refractivity contribution in [3.05, 3.63) is 28.2 Å². The zero-order chi connectivity index (χ0) is 16.1. The van der Waals surface area contributed by atoms with Gasteiger partial charge in [-0.05, 0) is 47.0 Å². The van der Waals surface area contributed by atoms with Crippen LogP contribution in [0, 0.1) is 0 Å². The molecular formula is C16H20BrNO4. The van der Waals surface area contributed by atoms with Gasteiger partial charge in [0.25, 0.3) is 0 Å². The Morgan fingerprint density at radius 2 is 1.82 bits per heavy atom. The molecule has 0 atom stereocenters. The van der Waals surface area contributed by atoms with Gasteiger partial charge in [-0.25, -0.2) is 9.59 Å². The molecule has 2 rings (SSSR count). The first-order valence-corrected chi connectivity index (χ1v) is 8.12. The van der Waals surface area contributed by atoms with Crippen molar-refractivity contribution < 1.29 is 19.1 Å². The van der Waals surface area contributed by atoms with E-state index in [1.54, 1.807) is 23.1 Å². The fraction of sp³-hybridized carbons (Fsp3) is 0.500. The summed E-state index contributed by atoms with van der Waals surface area (Å²) in [6, 6.07) is 5.17. The Kier molecular flexibility index (Phi) is 5.83. The number of carbonyl (C=O) groups is 2. The zero-order valence-electron chi connectivity index (χ0n) is 12.8. The van der Waals surface area contributed by atoms with Crippen LogP contribution in [-0.4, -0.2) is 32.3 Å². The van der Waals surface area contributed by atoms with Crippen molar-refractivity contribution in [2.45, 2.75) is 38.1 Å². The smallest absolute Gasteiger partial charge is 0.414 e. The number of hydrogen-bond donors (Lipinski definition) is 0. The lowest BCUT2D eigenvalue weighted by Crippen LogP contribution is -2.42. The largest absolute Gasteiger partial charge is 0.465 e. The van der Waals surface area contributed by atoms with E-state index in [1.165, 1.54) is 20.6 Å². The minimum atomic E-state index is -0.429. The molecule has 0 radical (unpaired) electrons. The molecule has 5 nitrogen and oxygen atoms in total. The lowest BCUT2D eigenvalue weighted by atomic mass is 9.94. The normalized spacial score (nSPS) is 15.2. The Bertz CT molecular complexity index is 555. The number of ether oxygens (including phenoxy) is 2. The van der Waals surface area contributed by atoms with Gasteiger partial charge in [0, 0.05) is 10.5 Å². The summed E-state index contributed by atoms with van der Waals surface area (Å²) in [6.07, 6.45) is 4.83. The van der Waals surface area contributed by atoms with Gasteiger partial charge in [-0.1, -0.05) is 19.3 Å². The van der Waals surface area contributed by atoms with Crippen LogP contribution in [0.25, 0.3) is 0 Å². The molecule has 1 aliphatic rings. The lowest BCUT2D eigenvalue weighted by molar-refractivity contribution is 0.0600. The van der Waals surface area contributed by atoms with Gasteiger partial charge < -0.3 is 9.47 Å². The SMILES string of the molecule is COC(=O)c1ccc(Br)c(N(C(=O)OC)C2CCCCC2)c1. The fourth-order valence-electron chi connectivity index (χ4n) is 2.82. The molecule has 1 amide bonds. The summed E-state index contributed by atoms with van der Waals surface area (Å²) >= 11 is 3.46. The van der Waals surface area contributed by atoms with Gasteiger partial charge in [0.05, 0.1) is 25.5 Å². The first-order chi connectivity index (χ1) is 10.6. The predicted octanol–water partition coefficient (Wildman–Crippen LogP) is 4.14. The number of esters is 1. The number of hydrogen-bond acceptors (Lipinski definition) is 4. The lowest BCUT2D eigenvalue weighted by Gasteiger charge is -2.34. The van der Waals surface area contributed by atoms with Gasteiger partial charge in [0.2, 0.25) is 0 Å². The topological polar surface area (TPSA) is 55.8 Å². The Hall–Kier alpha value is -1.56. The van der Waals surface area contributed by atoms with E-state index in [1.807, 2.05) is 0 Å². The molecule has 1 aromatic rings. The van der Waals surface area contributed by atoms with Crippen molar-refractivity contribution in [1.29, 1.82) is 0 Å². The number of nitrogens with zero attached hydrogens (tertiary/aromatic N) is 1. The monoisotopic (exact) mass is 369 g/mol. The van der Waals surface area contributed by atoms with Crippen molar-refractivity contribution >= 4 is 33.7 Å². The molecule has 120 valence electrons. The molecule has 0 heterocycles. The third-order valence-corrected chi connectivity index (χ3v) is 4.61. The van der Waals surface area contributed by atoms with Gasteiger partial charge in [-0.15, -0.1) is 0 Å². The molecule has 0 bridgehead atoms. The summed E-state index contributed by atoms with van der Waals surface area (Å²) in [5.74, 6) is -0.429. The molecule has 0 N–H and O–H groups in total. The Morgan fingerprint density at radius 1 is 1.14 bits per heavy atom. The Labute approximate surface area is 138 Å². The maximum absolute atomic E-state index is 12.3. The van der Waals surface area contributed by atoms with E-state index < -0.39 is 12.1 Å². The molecule has 1 aliphatic carbocycles. The summed E-state index contributed by atoms with van der Waals surface area (Å²) in [7, 11) is 2.71. The van der Waals surface area contributed by atoms with E-state index >= 15 is 0 Å². The van der Waals surface area contributed by atoms with Crippen molar-refractivity contribution in [2.75, 3.05) is 19.1 Å². The Balaban J connectivity index is 2.41. The van der Waals surface area contributed by atoms with E-state index in [-0.39, 0.29) is 6.04 Å². The minimum Gasteiger partial charge on any atom is -0.465 e. The number of methoxy groups -OCH3 is 2. The molecule has 0 saturated heterocycles. The maximum Gasteiger partial charge on any atom is 0.414 e. The second-order valence-electron chi connectivity index (χ2n) is 5.29. The third kappa shape index (κ3) is 3.61. The number of carbonyl (C=O) groups excluding carboxylic acids is 2. The molecule has 0 unspecified atom stereocenters. The summed E-state index contributed by atoms with van der Waals surface area (Å²) in [6.45, 7) is 0. The molecule has 0 aromatic heterocycles. The van der Waals surface area contributed by atoms with Crippen molar-refractivity contribution in [3.63, 3.8) is 0 Å². The van der Waals surface area contributed by atoms with E-state index in [9.17, 15) is 9.59 Å². The molecule has 1 saturated carbocycles. The highest BCUT2D eigenvalue weighted by atomic mass is 79.9. The highest BCUT2D eigenvalue weighted by Crippen LogP contribution is 2.34. The van der Waals surface area contributed by atoms with Crippen LogP contribution < -0.4 is 4.90 Å². The van der Waals surface area contributed by atoms with Gasteiger partial charge >= 0.3 is 12.1 Å². The van der Waals surface area contributed by atoms with Crippen LogP contribution in [0.5, 0.6) is 0 Å². The van der Waals surface area contributed by atoms with E-state index in [0.717, 1.165) is 30.2 Å². The highest BCUT2D eigenvalue weighted by molar-refractivity contribution is 9.10. The molecule has 22 heavy (non-hydrogen) atoms. The summed E-state index contributed by atoms with van der Waals surface area (Å²) in [5.41, 5.74) is 1.05. The molecular weight excluding hydrogens is 350 g/mol. The summed E-state index contributed by atoms with van der Waals surface area (Å²) in [5, 5.41) is 0. The minimum absolute atomic E-state index is 0.0883. The van der Waals surface area contributed by atoms with Crippen LogP contribution in [0.15, 0.2) is 22.7 Å². The first kappa shape index (κ1) is 16.8. The van der Waals surface area contributed by atoms with Crippen molar-refractivity contribution in [2.24, 2.45) is 0 Å².